The Labute approximate surface area is 60.1 Å². The third-order valence-corrected chi connectivity index (χ3v) is 1.08. The van der Waals surface area contributed by atoms with Gasteiger partial charge in [-0.2, -0.15) is 0 Å². The van der Waals surface area contributed by atoms with Crippen LogP contribution in [0.2, 0.25) is 0 Å². The minimum atomic E-state index is -0.132. The van der Waals surface area contributed by atoms with Gasteiger partial charge in [-0.1, -0.05) is 18.2 Å². The molecule has 0 N–H and O–H groups in total. The number of hydrogen-bond acceptors (Lipinski definition) is 0. The molecule has 0 saturated carbocycles. The van der Waals surface area contributed by atoms with Crippen LogP contribution in [0.3, 0.4) is 0 Å². The van der Waals surface area contributed by atoms with Crippen LogP contribution in [0.15, 0.2) is 24.3 Å². The summed E-state index contributed by atoms with van der Waals surface area (Å²) in [7, 11) is 0. The fraction of sp³-hybridized carbons (Fsp3) is 0.143. The van der Waals surface area contributed by atoms with E-state index in [0.717, 1.165) is 0 Å². The third-order valence-electron chi connectivity index (χ3n) is 1.08. The molecule has 0 aliphatic heterocycles. The number of halogens is 2. The van der Waals surface area contributed by atoms with Crippen molar-refractivity contribution in [1.29, 1.82) is 0 Å². The van der Waals surface area contributed by atoms with Crippen molar-refractivity contribution >= 4 is 12.4 Å². The zero-order valence-corrected chi connectivity index (χ0v) is 5.91. The largest absolute Gasteiger partial charge is 0.207 e. The van der Waals surface area contributed by atoms with Gasteiger partial charge >= 0.3 is 0 Å². The van der Waals surface area contributed by atoms with Crippen LogP contribution in [-0.2, 0) is 0 Å². The lowest BCUT2D eigenvalue weighted by Crippen LogP contribution is -1.76. The summed E-state index contributed by atoms with van der Waals surface area (Å²) in [5.41, 5.74) is 0.701. The molecule has 0 atom stereocenters. The quantitative estimate of drug-likeness (QED) is 0.528. The molecule has 0 aliphatic carbocycles. The summed E-state index contributed by atoms with van der Waals surface area (Å²) in [4.78, 5) is 0. The molecular formula is C7H8ClF. The maximum absolute atomic E-state index is 12.3. The van der Waals surface area contributed by atoms with Crippen LogP contribution in [0.5, 0.6) is 0 Å². The van der Waals surface area contributed by atoms with Crippen LogP contribution in [0.1, 0.15) is 5.56 Å². The zero-order chi connectivity index (χ0) is 5.98. The van der Waals surface area contributed by atoms with Gasteiger partial charge in [-0.25, -0.2) is 4.39 Å². The standard InChI is InChI=1S/C7H7F.ClH/c1-6-4-2-3-5-7(6)8;/h2-5H,1H3;1H. The summed E-state index contributed by atoms with van der Waals surface area (Å²) in [5, 5.41) is 0. The first-order chi connectivity index (χ1) is 3.80. The summed E-state index contributed by atoms with van der Waals surface area (Å²) in [6.07, 6.45) is 0. The Morgan fingerprint density at radius 2 is 1.78 bits per heavy atom. The van der Waals surface area contributed by atoms with Gasteiger partial charge in [-0.3, -0.25) is 0 Å². The van der Waals surface area contributed by atoms with Gasteiger partial charge in [-0.15, -0.1) is 12.4 Å². The highest BCUT2D eigenvalue weighted by molar-refractivity contribution is 5.85. The van der Waals surface area contributed by atoms with Crippen molar-refractivity contribution in [3.05, 3.63) is 35.6 Å². The molecule has 0 aromatic heterocycles. The molecule has 0 spiro atoms. The second-order valence-corrected chi connectivity index (χ2v) is 1.75. The third kappa shape index (κ3) is 2.02. The Kier molecular flexibility index (Phi) is 3.25. The summed E-state index contributed by atoms with van der Waals surface area (Å²) < 4.78 is 12.3. The first-order valence-corrected chi connectivity index (χ1v) is 2.52. The molecule has 0 aliphatic rings. The van der Waals surface area contributed by atoms with Crippen LogP contribution < -0.4 is 0 Å². The predicted octanol–water partition coefficient (Wildman–Crippen LogP) is 2.56. The lowest BCUT2D eigenvalue weighted by Gasteiger charge is -1.89. The van der Waals surface area contributed by atoms with Crippen molar-refractivity contribution < 1.29 is 4.39 Å². The van der Waals surface area contributed by atoms with Gasteiger partial charge in [0.15, 0.2) is 0 Å². The molecule has 1 aromatic rings. The van der Waals surface area contributed by atoms with Gasteiger partial charge in [0.05, 0.1) is 0 Å². The molecule has 0 nitrogen and oxygen atoms in total. The highest BCUT2D eigenvalue weighted by Crippen LogP contribution is 2.01. The molecule has 0 bridgehead atoms. The molecule has 0 saturated heterocycles. The van der Waals surface area contributed by atoms with Crippen molar-refractivity contribution in [3.8, 4) is 0 Å². The predicted molar refractivity (Wildman–Crippen MR) is 38.4 cm³/mol. The van der Waals surface area contributed by atoms with Crippen molar-refractivity contribution in [3.63, 3.8) is 0 Å². The van der Waals surface area contributed by atoms with E-state index in [1.54, 1.807) is 19.1 Å². The summed E-state index contributed by atoms with van der Waals surface area (Å²) >= 11 is 0. The van der Waals surface area contributed by atoms with E-state index in [1.807, 2.05) is 6.07 Å². The van der Waals surface area contributed by atoms with E-state index in [2.05, 4.69) is 0 Å². The van der Waals surface area contributed by atoms with Gasteiger partial charge < -0.3 is 0 Å². The highest BCUT2D eigenvalue weighted by atomic mass is 35.5. The van der Waals surface area contributed by atoms with Crippen LogP contribution in [0.4, 0.5) is 4.39 Å². The van der Waals surface area contributed by atoms with E-state index < -0.39 is 0 Å². The molecule has 9 heavy (non-hydrogen) atoms. The fourth-order valence-electron chi connectivity index (χ4n) is 0.551. The van der Waals surface area contributed by atoms with Gasteiger partial charge in [-0.05, 0) is 18.6 Å². The molecule has 2 heteroatoms. The summed E-state index contributed by atoms with van der Waals surface area (Å²) in [5.74, 6) is -0.132. The number of rotatable bonds is 0. The Bertz CT molecular complexity index is 165. The monoisotopic (exact) mass is 146 g/mol. The first kappa shape index (κ1) is 8.44. The number of benzene rings is 1. The van der Waals surface area contributed by atoms with Gasteiger partial charge in [0.2, 0.25) is 0 Å². The van der Waals surface area contributed by atoms with Crippen molar-refractivity contribution in [2.24, 2.45) is 0 Å². The first-order valence-electron chi connectivity index (χ1n) is 2.52. The van der Waals surface area contributed by atoms with E-state index in [0.29, 0.717) is 5.56 Å². The molecule has 0 fully saturated rings. The van der Waals surface area contributed by atoms with E-state index >= 15 is 0 Å². The average molecular weight is 147 g/mol. The maximum atomic E-state index is 12.3. The Morgan fingerprint density at radius 1 is 1.22 bits per heavy atom. The average Bonchev–Trinajstić information content (AvgIpc) is 1.77. The minimum Gasteiger partial charge on any atom is -0.207 e. The van der Waals surface area contributed by atoms with Crippen LogP contribution in [0.25, 0.3) is 0 Å². The highest BCUT2D eigenvalue weighted by Gasteiger charge is 1.88. The fourth-order valence-corrected chi connectivity index (χ4v) is 0.551. The maximum Gasteiger partial charge on any atom is 0.126 e. The summed E-state index contributed by atoms with van der Waals surface area (Å²) in [6, 6.07) is 6.70. The molecule has 0 unspecified atom stereocenters. The van der Waals surface area contributed by atoms with Gasteiger partial charge in [0.1, 0.15) is 5.82 Å². The van der Waals surface area contributed by atoms with Crippen molar-refractivity contribution in [2.45, 2.75) is 6.92 Å². The van der Waals surface area contributed by atoms with E-state index in [4.69, 9.17) is 0 Å². The zero-order valence-electron chi connectivity index (χ0n) is 5.10. The van der Waals surface area contributed by atoms with Gasteiger partial charge in [0, 0.05) is 0 Å². The second-order valence-electron chi connectivity index (χ2n) is 1.75. The smallest absolute Gasteiger partial charge is 0.126 e. The Balaban J connectivity index is 0.000000640. The number of hydrogen-bond donors (Lipinski definition) is 0. The van der Waals surface area contributed by atoms with Crippen LogP contribution >= 0.6 is 12.4 Å². The SMILES string of the molecule is Cc1ccccc1F.Cl. The molecule has 50 valence electrons. The van der Waals surface area contributed by atoms with Gasteiger partial charge in [0.25, 0.3) is 0 Å². The molecule has 1 aromatic carbocycles. The molecule has 0 amide bonds. The molecule has 1 rings (SSSR count). The van der Waals surface area contributed by atoms with Crippen molar-refractivity contribution in [1.82, 2.24) is 0 Å². The van der Waals surface area contributed by atoms with E-state index in [9.17, 15) is 4.39 Å². The number of aryl methyl sites for hydroxylation is 1. The Hall–Kier alpha value is -0.560. The topological polar surface area (TPSA) is 0 Å². The lowest BCUT2D eigenvalue weighted by molar-refractivity contribution is 0.618. The molecule has 0 radical (unpaired) electrons. The van der Waals surface area contributed by atoms with E-state index in [1.165, 1.54) is 6.07 Å². The van der Waals surface area contributed by atoms with E-state index in [-0.39, 0.29) is 18.2 Å². The van der Waals surface area contributed by atoms with Crippen LogP contribution in [0, 0.1) is 12.7 Å². The second kappa shape index (κ2) is 3.46. The summed E-state index contributed by atoms with van der Waals surface area (Å²) in [6.45, 7) is 1.75. The molecular weight excluding hydrogens is 139 g/mol. The minimum absolute atomic E-state index is 0. The molecule has 0 heterocycles. The normalized spacial score (nSPS) is 8.22. The van der Waals surface area contributed by atoms with Crippen molar-refractivity contribution in [2.75, 3.05) is 0 Å². The Morgan fingerprint density at radius 3 is 2.11 bits per heavy atom. The van der Waals surface area contributed by atoms with Crippen LogP contribution in [-0.4, -0.2) is 0 Å². The lowest BCUT2D eigenvalue weighted by atomic mass is 10.2.